The maximum Gasteiger partial charge on any atom is 0.270 e. The van der Waals surface area contributed by atoms with Gasteiger partial charge in [-0.25, -0.2) is 0 Å². The van der Waals surface area contributed by atoms with Gasteiger partial charge in [0.25, 0.3) is 23.6 Å². The first-order valence-electron chi connectivity index (χ1n) is 38.3. The van der Waals surface area contributed by atoms with E-state index in [1.807, 2.05) is 181 Å². The molecule has 0 atom stereocenters. The van der Waals surface area contributed by atoms with Gasteiger partial charge in [0.1, 0.15) is 28.5 Å². The average Bonchev–Trinajstić information content (AvgIpc) is 1.70. The number of fused-ring (bicyclic) bond motifs is 4. The zero-order valence-electron chi connectivity index (χ0n) is 62.9. The molecule has 16 heteroatoms. The number of para-hydroxylation sites is 4. The number of rotatable bonds is 19. The minimum Gasteiger partial charge on any atom is -0.497 e. The second-order valence-electron chi connectivity index (χ2n) is 30.3. The minimum atomic E-state index is 0.0695. The molecule has 16 nitrogen and oxygen atoms in total. The summed E-state index contributed by atoms with van der Waals surface area (Å²) < 4.78 is 5.32. The third-order valence-corrected chi connectivity index (χ3v) is 21.9. The van der Waals surface area contributed by atoms with Crippen LogP contribution in [0.5, 0.6) is 5.75 Å². The molecule has 4 N–H and O–H groups in total. The number of methoxy groups -OCH3 is 1. The van der Waals surface area contributed by atoms with Crippen LogP contribution in [0.15, 0.2) is 194 Å². The second kappa shape index (κ2) is 36.3. The van der Waals surface area contributed by atoms with Crippen molar-refractivity contribution in [2.45, 2.75) is 104 Å². The topological polar surface area (TPSA) is 163 Å². The monoisotopic (exact) mass is 1410 g/mol. The van der Waals surface area contributed by atoms with Gasteiger partial charge >= 0.3 is 0 Å². The van der Waals surface area contributed by atoms with Crippen LogP contribution in [0.2, 0.25) is 0 Å². The van der Waals surface area contributed by atoms with E-state index < -0.39 is 0 Å². The quantitative estimate of drug-likeness (QED) is 0.0622. The van der Waals surface area contributed by atoms with E-state index >= 15 is 0 Å². The molecule has 15 rings (SSSR count). The van der Waals surface area contributed by atoms with E-state index in [2.05, 4.69) is 109 Å². The number of nitrogens with zero attached hydrogens (tertiary/aromatic N) is 7. The number of aromatic nitrogens is 4. The standard InChI is InChI=1S/C24H29N3O2.2C24H29N3O.C17H22N2O/c1-26(24(28)23-15-20-7-3-4-9-22(20)25-23)16-18-10-12-27(13-11-18)17-19-6-5-8-21(14-19)29-2;2*1-18-6-5-7-20(14-18)17-27-12-10-19(11-13-27)16-26(2)24(28)23-15-21-8-3-4-9-22(21)25-23;1-19(12-13-7-3-2-4-8-13)17(20)16-11-14-9-5-6-10-15(14)18-16/h3-9,14-15,18,25H,10-13,16-17H2,1-2H3;2*3-9,14-15,19,25H,10-13,16-17H2,1-2H3;5-6,9-11,13,18H,2-4,7-8,12H2,1H3. The van der Waals surface area contributed by atoms with Gasteiger partial charge < -0.3 is 44.3 Å². The van der Waals surface area contributed by atoms with Crippen molar-refractivity contribution in [3.05, 3.63) is 245 Å². The molecule has 105 heavy (non-hydrogen) atoms. The fourth-order valence-electron chi connectivity index (χ4n) is 16.0. The molecule has 4 aliphatic rings. The highest BCUT2D eigenvalue weighted by Gasteiger charge is 2.28. The van der Waals surface area contributed by atoms with Crippen molar-refractivity contribution in [1.29, 1.82) is 0 Å². The predicted octanol–water partition coefficient (Wildman–Crippen LogP) is 16.9. The number of aryl methyl sites for hydroxylation is 2. The highest BCUT2D eigenvalue weighted by molar-refractivity contribution is 6.00. The summed E-state index contributed by atoms with van der Waals surface area (Å²) in [5.41, 5.74) is 13.5. The van der Waals surface area contributed by atoms with Crippen LogP contribution >= 0.6 is 0 Å². The first-order chi connectivity index (χ1) is 51.0. The normalized spacial score (nSPS) is 15.8. The number of carbonyl (C=O) groups excluding carboxylic acids is 4. The van der Waals surface area contributed by atoms with E-state index in [4.69, 9.17) is 4.74 Å². The molecule has 11 aromatic rings. The number of hydrogen-bond donors (Lipinski definition) is 4. The molecule has 550 valence electrons. The fourth-order valence-corrected chi connectivity index (χ4v) is 16.0. The third kappa shape index (κ3) is 20.8. The summed E-state index contributed by atoms with van der Waals surface area (Å²) in [6.07, 6.45) is 13.4. The van der Waals surface area contributed by atoms with E-state index in [-0.39, 0.29) is 23.6 Å². The highest BCUT2D eigenvalue weighted by Crippen LogP contribution is 2.29. The summed E-state index contributed by atoms with van der Waals surface area (Å²) in [4.78, 5) is 79.0. The summed E-state index contributed by atoms with van der Waals surface area (Å²) in [5, 5.41) is 4.35. The lowest BCUT2D eigenvalue weighted by Gasteiger charge is -2.34. The Bertz CT molecular complexity index is 4340. The van der Waals surface area contributed by atoms with Gasteiger partial charge in [0, 0.05) is 118 Å². The molecule has 0 spiro atoms. The van der Waals surface area contributed by atoms with Crippen LogP contribution in [0.4, 0.5) is 0 Å². The number of likely N-dealkylation sites (tertiary alicyclic amines) is 3. The van der Waals surface area contributed by atoms with Crippen LogP contribution < -0.4 is 4.74 Å². The molecule has 0 bridgehead atoms. The lowest BCUT2D eigenvalue weighted by atomic mass is 9.89. The van der Waals surface area contributed by atoms with E-state index in [0.717, 1.165) is 173 Å². The molecular formula is C89H109N11O5. The molecular weight excluding hydrogens is 1300 g/mol. The Balaban J connectivity index is 0.000000133. The summed E-state index contributed by atoms with van der Waals surface area (Å²) in [6, 6.07) is 65.8. The Morgan fingerprint density at radius 2 is 0.619 bits per heavy atom. The van der Waals surface area contributed by atoms with E-state index in [0.29, 0.717) is 46.4 Å². The summed E-state index contributed by atoms with van der Waals surface area (Å²) in [6.45, 7) is 17.2. The lowest BCUT2D eigenvalue weighted by Crippen LogP contribution is -2.39. The first-order valence-corrected chi connectivity index (χ1v) is 38.3. The molecule has 3 saturated heterocycles. The van der Waals surface area contributed by atoms with Crippen LogP contribution in [0.1, 0.15) is 140 Å². The zero-order valence-corrected chi connectivity index (χ0v) is 62.9. The molecule has 0 radical (unpaired) electrons. The Morgan fingerprint density at radius 3 is 0.905 bits per heavy atom. The summed E-state index contributed by atoms with van der Waals surface area (Å²) >= 11 is 0. The van der Waals surface area contributed by atoms with Gasteiger partial charge in [-0.05, 0) is 206 Å². The summed E-state index contributed by atoms with van der Waals surface area (Å²) in [5.74, 6) is 3.63. The van der Waals surface area contributed by atoms with Crippen molar-refractivity contribution < 1.29 is 23.9 Å². The maximum absolute atomic E-state index is 12.8. The predicted molar refractivity (Wildman–Crippen MR) is 427 cm³/mol. The third-order valence-electron chi connectivity index (χ3n) is 21.9. The van der Waals surface area contributed by atoms with Gasteiger partial charge in [0.2, 0.25) is 0 Å². The van der Waals surface area contributed by atoms with Crippen molar-refractivity contribution in [3.63, 3.8) is 0 Å². The van der Waals surface area contributed by atoms with Crippen LogP contribution in [0, 0.1) is 37.5 Å². The van der Waals surface area contributed by atoms with Gasteiger partial charge in [-0.3, -0.25) is 33.9 Å². The van der Waals surface area contributed by atoms with E-state index in [1.165, 1.54) is 59.9 Å². The Kier molecular flexibility index (Phi) is 25.9. The lowest BCUT2D eigenvalue weighted by molar-refractivity contribution is 0.0726. The fraction of sp³-hybridized carbons (Fsp3) is 0.393. The van der Waals surface area contributed by atoms with Crippen LogP contribution in [-0.2, 0) is 19.6 Å². The number of hydrogen-bond acceptors (Lipinski definition) is 8. The van der Waals surface area contributed by atoms with Crippen molar-refractivity contribution in [1.82, 2.24) is 54.2 Å². The molecule has 4 aromatic heterocycles. The number of ether oxygens (including phenoxy) is 1. The van der Waals surface area contributed by atoms with Crippen molar-refractivity contribution >= 4 is 67.2 Å². The van der Waals surface area contributed by atoms with Crippen LogP contribution in [0.25, 0.3) is 43.6 Å². The van der Waals surface area contributed by atoms with Crippen molar-refractivity contribution in [2.75, 3.05) is 101 Å². The van der Waals surface area contributed by atoms with Gasteiger partial charge in [-0.2, -0.15) is 0 Å². The number of aromatic amines is 4. The molecule has 1 aliphatic carbocycles. The van der Waals surface area contributed by atoms with Crippen molar-refractivity contribution in [3.8, 4) is 5.75 Å². The van der Waals surface area contributed by atoms with Gasteiger partial charge in [0.15, 0.2) is 0 Å². The number of benzene rings is 7. The number of H-pyrrole nitrogens is 4. The average molecular weight is 1410 g/mol. The minimum absolute atomic E-state index is 0.0695. The van der Waals surface area contributed by atoms with E-state index in [1.54, 1.807) is 7.11 Å². The van der Waals surface area contributed by atoms with Crippen LogP contribution in [0.3, 0.4) is 0 Å². The molecule has 7 heterocycles. The molecule has 0 unspecified atom stereocenters. The molecule has 4 amide bonds. The Labute approximate surface area is 621 Å². The molecule has 7 aromatic carbocycles. The first kappa shape index (κ1) is 75.0. The van der Waals surface area contributed by atoms with Crippen molar-refractivity contribution in [2.24, 2.45) is 23.7 Å². The Hall–Kier alpha value is -9.74. The number of piperidine rings is 3. The van der Waals surface area contributed by atoms with Crippen LogP contribution in [-0.4, -0.2) is 179 Å². The molecule has 1 saturated carbocycles. The highest BCUT2D eigenvalue weighted by atomic mass is 16.5. The maximum atomic E-state index is 12.8. The van der Waals surface area contributed by atoms with Gasteiger partial charge in [-0.15, -0.1) is 0 Å². The SMILES string of the molecule is CN(CC1CCCCC1)C(=O)c1cc2ccccc2[nH]1.COc1cccc(CN2CCC(CN(C)C(=O)c3cc4ccccc4[nH]3)CC2)c1.Cc1cccc(CN2CCC(CN(C)C(=O)c3cc4ccccc4[nH]3)CC2)c1.Cc1cccc(CN2CCC(CN(C)C(=O)c3cc4ccccc4[nH]3)CC2)c1. The number of amides is 4. The number of carbonyl (C=O) groups is 4. The van der Waals surface area contributed by atoms with Gasteiger partial charge in [0.05, 0.1) is 7.11 Å². The van der Waals surface area contributed by atoms with Gasteiger partial charge in [-0.1, -0.05) is 164 Å². The zero-order chi connectivity index (χ0) is 73.2. The number of nitrogens with one attached hydrogen (secondary N) is 4. The summed E-state index contributed by atoms with van der Waals surface area (Å²) in [7, 11) is 9.39. The largest absolute Gasteiger partial charge is 0.497 e. The smallest absolute Gasteiger partial charge is 0.270 e. The van der Waals surface area contributed by atoms with E-state index in [9.17, 15) is 19.2 Å². The molecule has 3 aliphatic heterocycles. The second-order valence-corrected chi connectivity index (χ2v) is 30.3. The Morgan fingerprint density at radius 1 is 0.343 bits per heavy atom. The molecule has 4 fully saturated rings.